The summed E-state index contributed by atoms with van der Waals surface area (Å²) in [6.45, 7) is 6.23. The molecule has 0 bridgehead atoms. The molecule has 5 rings (SSSR count). The van der Waals surface area contributed by atoms with Crippen molar-refractivity contribution in [2.75, 3.05) is 10.7 Å². The molecule has 2 aromatic carbocycles. The molecule has 3 aromatic rings. The molecule has 1 atom stereocenters. The zero-order valence-corrected chi connectivity index (χ0v) is 21.3. The van der Waals surface area contributed by atoms with E-state index < -0.39 is 6.04 Å². The van der Waals surface area contributed by atoms with Crippen molar-refractivity contribution in [1.29, 1.82) is 0 Å². The number of hydrogen-bond acceptors (Lipinski definition) is 4. The van der Waals surface area contributed by atoms with Crippen molar-refractivity contribution in [3.05, 3.63) is 71.4 Å². The van der Waals surface area contributed by atoms with Crippen molar-refractivity contribution in [3.63, 3.8) is 0 Å². The Balaban J connectivity index is 1.63. The molecule has 182 valence electrons. The van der Waals surface area contributed by atoms with Crippen LogP contribution in [-0.4, -0.2) is 33.4 Å². The van der Waals surface area contributed by atoms with Crippen LogP contribution in [-0.2, 0) is 9.59 Å². The van der Waals surface area contributed by atoms with E-state index in [0.717, 1.165) is 53.3 Å². The van der Waals surface area contributed by atoms with Crippen LogP contribution in [0.15, 0.2) is 59.6 Å². The van der Waals surface area contributed by atoms with Gasteiger partial charge in [0.1, 0.15) is 11.1 Å². The summed E-state index contributed by atoms with van der Waals surface area (Å²) in [5.41, 5.74) is 4.44. The van der Waals surface area contributed by atoms with Crippen LogP contribution in [0.1, 0.15) is 68.3 Å². The fourth-order valence-corrected chi connectivity index (χ4v) is 6.18. The molecule has 1 aliphatic carbocycles. The second kappa shape index (κ2) is 9.90. The average Bonchev–Trinajstić information content (AvgIpc) is 3.45. The van der Waals surface area contributed by atoms with Crippen LogP contribution in [0.5, 0.6) is 0 Å². The number of aromatic nitrogens is 2. The highest BCUT2D eigenvalue weighted by atomic mass is 32.2. The van der Waals surface area contributed by atoms with Gasteiger partial charge < -0.3 is 5.32 Å². The molecule has 2 amide bonds. The normalized spacial score (nSPS) is 18.6. The van der Waals surface area contributed by atoms with Gasteiger partial charge in [0.15, 0.2) is 0 Å². The van der Waals surface area contributed by atoms with Gasteiger partial charge in [0.05, 0.1) is 17.1 Å². The van der Waals surface area contributed by atoms with Gasteiger partial charge in [-0.1, -0.05) is 68.8 Å². The molecule has 6 nitrogen and oxygen atoms in total. The van der Waals surface area contributed by atoms with E-state index in [1.807, 2.05) is 54.1 Å². The van der Waals surface area contributed by atoms with Gasteiger partial charge in [0.2, 0.25) is 11.8 Å². The van der Waals surface area contributed by atoms with E-state index in [1.54, 1.807) is 4.90 Å². The zero-order chi connectivity index (χ0) is 24.5. The summed E-state index contributed by atoms with van der Waals surface area (Å²) in [7, 11) is 0. The van der Waals surface area contributed by atoms with E-state index in [0.29, 0.717) is 5.92 Å². The predicted molar refractivity (Wildman–Crippen MR) is 140 cm³/mol. The standard InChI is InChI=1S/C28H32N4O2S/c1-18(2)20-13-15-22(16-14-20)31-24(33)17-35-28-25(26(31)27(34)29-21-9-7-8-10-21)19(3)30-32(28)23-11-5-4-6-12-23/h4-6,11-16,18,21,26H,7-10,17H2,1-3H3,(H,29,34). The van der Waals surface area contributed by atoms with Crippen LogP contribution >= 0.6 is 11.8 Å². The number of carbonyl (C=O) groups excluding carboxylic acids is 2. The van der Waals surface area contributed by atoms with E-state index in [1.165, 1.54) is 17.3 Å². The largest absolute Gasteiger partial charge is 0.351 e. The average molecular weight is 489 g/mol. The Morgan fingerprint density at radius 1 is 1.03 bits per heavy atom. The molecule has 2 aliphatic rings. The maximum atomic E-state index is 13.9. The molecule has 2 heterocycles. The lowest BCUT2D eigenvalue weighted by Crippen LogP contribution is -2.46. The molecule has 35 heavy (non-hydrogen) atoms. The van der Waals surface area contributed by atoms with Gasteiger partial charge >= 0.3 is 0 Å². The molecule has 0 radical (unpaired) electrons. The smallest absolute Gasteiger partial charge is 0.248 e. The number of thioether (sulfide) groups is 1. The van der Waals surface area contributed by atoms with Crippen LogP contribution in [0.2, 0.25) is 0 Å². The van der Waals surface area contributed by atoms with E-state index >= 15 is 0 Å². The molecule has 1 unspecified atom stereocenters. The first kappa shape index (κ1) is 23.7. The van der Waals surface area contributed by atoms with Crippen molar-refractivity contribution in [2.45, 2.75) is 69.5 Å². The molecule has 1 N–H and O–H groups in total. The third kappa shape index (κ3) is 4.61. The monoisotopic (exact) mass is 488 g/mol. The lowest BCUT2D eigenvalue weighted by molar-refractivity contribution is -0.126. The number of nitrogens with zero attached hydrogens (tertiary/aromatic N) is 3. The number of anilines is 1. The molecule has 1 aromatic heterocycles. The van der Waals surface area contributed by atoms with E-state index in [2.05, 4.69) is 31.3 Å². The zero-order valence-electron chi connectivity index (χ0n) is 20.5. The van der Waals surface area contributed by atoms with Crippen LogP contribution in [0, 0.1) is 6.92 Å². The van der Waals surface area contributed by atoms with Crippen molar-refractivity contribution < 1.29 is 9.59 Å². The predicted octanol–water partition coefficient (Wildman–Crippen LogP) is 5.54. The van der Waals surface area contributed by atoms with Crippen molar-refractivity contribution in [1.82, 2.24) is 15.1 Å². The molecule has 1 saturated carbocycles. The maximum absolute atomic E-state index is 13.9. The minimum absolute atomic E-state index is 0.0749. The Labute approximate surface area is 211 Å². The number of aryl methyl sites for hydroxylation is 1. The number of rotatable bonds is 5. The third-order valence-electron chi connectivity index (χ3n) is 6.98. The number of carbonyl (C=O) groups is 2. The SMILES string of the molecule is Cc1nn(-c2ccccc2)c2c1C(C(=O)NC1CCCC1)N(c1ccc(C(C)C)cc1)C(=O)CS2. The van der Waals surface area contributed by atoms with Crippen LogP contribution in [0.4, 0.5) is 5.69 Å². The highest BCUT2D eigenvalue weighted by Crippen LogP contribution is 2.41. The molecule has 0 saturated heterocycles. The molecule has 7 heteroatoms. The van der Waals surface area contributed by atoms with E-state index in [-0.39, 0.29) is 23.6 Å². The lowest BCUT2D eigenvalue weighted by atomic mass is 10.0. The molecule has 1 aliphatic heterocycles. The Morgan fingerprint density at radius 3 is 2.37 bits per heavy atom. The highest BCUT2D eigenvalue weighted by molar-refractivity contribution is 8.00. The number of amides is 2. The van der Waals surface area contributed by atoms with Crippen LogP contribution in [0.25, 0.3) is 5.69 Å². The number of hydrogen-bond donors (Lipinski definition) is 1. The first-order chi connectivity index (χ1) is 16.9. The van der Waals surface area contributed by atoms with Crippen molar-refractivity contribution >= 4 is 29.3 Å². The van der Waals surface area contributed by atoms with Gasteiger partial charge in [-0.2, -0.15) is 5.10 Å². The fraction of sp³-hybridized carbons (Fsp3) is 0.393. The molecular weight excluding hydrogens is 456 g/mol. The minimum Gasteiger partial charge on any atom is -0.351 e. The van der Waals surface area contributed by atoms with Crippen molar-refractivity contribution in [3.8, 4) is 5.69 Å². The number of para-hydroxylation sites is 1. The number of fused-ring (bicyclic) bond motifs is 1. The van der Waals surface area contributed by atoms with Gasteiger partial charge in [0.25, 0.3) is 0 Å². The topological polar surface area (TPSA) is 67.2 Å². The summed E-state index contributed by atoms with van der Waals surface area (Å²) in [5, 5.41) is 8.96. The minimum atomic E-state index is -0.768. The second-order valence-corrected chi connectivity index (χ2v) is 10.7. The van der Waals surface area contributed by atoms with E-state index in [9.17, 15) is 9.59 Å². The van der Waals surface area contributed by atoms with Crippen molar-refractivity contribution in [2.24, 2.45) is 0 Å². The summed E-state index contributed by atoms with van der Waals surface area (Å²) in [6.07, 6.45) is 4.22. The Hall–Kier alpha value is -3.06. The molecule has 0 spiro atoms. The first-order valence-corrected chi connectivity index (χ1v) is 13.4. The Kier molecular flexibility index (Phi) is 6.69. The summed E-state index contributed by atoms with van der Waals surface area (Å²) >= 11 is 1.46. The fourth-order valence-electron chi connectivity index (χ4n) is 5.10. The first-order valence-electron chi connectivity index (χ1n) is 12.4. The summed E-state index contributed by atoms with van der Waals surface area (Å²) in [5.74, 6) is 0.426. The van der Waals surface area contributed by atoms with Gasteiger partial charge in [-0.15, -0.1) is 0 Å². The van der Waals surface area contributed by atoms with Crippen LogP contribution in [0.3, 0.4) is 0 Å². The summed E-state index contributed by atoms with van der Waals surface area (Å²) in [6, 6.07) is 17.3. The third-order valence-corrected chi connectivity index (χ3v) is 8.04. The quantitative estimate of drug-likeness (QED) is 0.512. The van der Waals surface area contributed by atoms with Gasteiger partial charge in [-0.05, 0) is 55.5 Å². The van der Waals surface area contributed by atoms with E-state index in [4.69, 9.17) is 5.10 Å². The summed E-state index contributed by atoms with van der Waals surface area (Å²) in [4.78, 5) is 29.2. The number of benzene rings is 2. The molecular formula is C28H32N4O2S. The maximum Gasteiger partial charge on any atom is 0.248 e. The van der Waals surface area contributed by atoms with Gasteiger partial charge in [0, 0.05) is 17.3 Å². The Morgan fingerprint density at radius 2 is 1.71 bits per heavy atom. The van der Waals surface area contributed by atoms with Gasteiger partial charge in [-0.3, -0.25) is 14.5 Å². The second-order valence-electron chi connectivity index (χ2n) is 9.74. The van der Waals surface area contributed by atoms with Gasteiger partial charge in [-0.25, -0.2) is 4.68 Å². The molecule has 1 fully saturated rings. The summed E-state index contributed by atoms with van der Waals surface area (Å²) < 4.78 is 1.88. The number of nitrogens with one attached hydrogen (secondary N) is 1. The highest BCUT2D eigenvalue weighted by Gasteiger charge is 2.41. The lowest BCUT2D eigenvalue weighted by Gasteiger charge is -2.31. The van der Waals surface area contributed by atoms with Crippen LogP contribution < -0.4 is 10.2 Å². The Bertz CT molecular complexity index is 1210.